The number of nitrogens with zero attached hydrogens (tertiary/aromatic N) is 1. The summed E-state index contributed by atoms with van der Waals surface area (Å²) in [6.45, 7) is 12.5. The molecule has 19 heavy (non-hydrogen) atoms. The van der Waals surface area contributed by atoms with E-state index in [1.807, 2.05) is 6.07 Å². The van der Waals surface area contributed by atoms with E-state index in [0.29, 0.717) is 12.6 Å². The zero-order valence-corrected chi connectivity index (χ0v) is 13.0. The van der Waals surface area contributed by atoms with Crippen molar-refractivity contribution in [3.8, 4) is 0 Å². The first-order chi connectivity index (χ1) is 8.77. The van der Waals surface area contributed by atoms with Crippen molar-refractivity contribution in [3.05, 3.63) is 29.6 Å². The molecule has 0 aliphatic rings. The van der Waals surface area contributed by atoms with Crippen LogP contribution in [-0.4, -0.2) is 19.6 Å². The van der Waals surface area contributed by atoms with E-state index in [-0.39, 0.29) is 11.2 Å². The van der Waals surface area contributed by atoms with Crippen LogP contribution < -0.4 is 10.2 Å². The summed E-state index contributed by atoms with van der Waals surface area (Å²) in [5.74, 6) is -0.173. The Balaban J connectivity index is 3.04. The van der Waals surface area contributed by atoms with E-state index >= 15 is 0 Å². The van der Waals surface area contributed by atoms with Gasteiger partial charge in [0.2, 0.25) is 0 Å². The van der Waals surface area contributed by atoms with E-state index in [0.717, 1.165) is 17.8 Å². The smallest absolute Gasteiger partial charge is 0.123 e. The van der Waals surface area contributed by atoms with Gasteiger partial charge in [-0.1, -0.05) is 27.7 Å². The molecule has 108 valence electrons. The van der Waals surface area contributed by atoms with Crippen LogP contribution in [0.15, 0.2) is 18.2 Å². The van der Waals surface area contributed by atoms with Crippen LogP contribution in [0, 0.1) is 11.2 Å². The fourth-order valence-electron chi connectivity index (χ4n) is 2.09. The lowest BCUT2D eigenvalue weighted by Crippen LogP contribution is -2.40. The van der Waals surface area contributed by atoms with Gasteiger partial charge in [0, 0.05) is 25.3 Å². The lowest BCUT2D eigenvalue weighted by atomic mass is 9.86. The minimum absolute atomic E-state index is 0.173. The maximum atomic E-state index is 13.4. The molecule has 1 aromatic rings. The molecule has 0 bridgehead atoms. The monoisotopic (exact) mass is 266 g/mol. The highest BCUT2D eigenvalue weighted by atomic mass is 19.1. The summed E-state index contributed by atoms with van der Waals surface area (Å²) >= 11 is 0. The number of nitrogens with one attached hydrogen (secondary N) is 1. The molecule has 0 aromatic heterocycles. The Kier molecular flexibility index (Phi) is 5.36. The lowest BCUT2D eigenvalue weighted by Gasteiger charge is -2.38. The van der Waals surface area contributed by atoms with E-state index < -0.39 is 0 Å². The first-order valence-corrected chi connectivity index (χ1v) is 6.99. The van der Waals surface area contributed by atoms with Crippen LogP contribution in [0.4, 0.5) is 10.1 Å². The normalized spacial score (nSPS) is 13.4. The number of halogens is 1. The Morgan fingerprint density at radius 2 is 1.95 bits per heavy atom. The predicted octanol–water partition coefficient (Wildman–Crippen LogP) is 3.81. The van der Waals surface area contributed by atoms with Gasteiger partial charge in [-0.15, -0.1) is 0 Å². The molecule has 0 saturated heterocycles. The molecule has 0 heterocycles. The molecule has 0 radical (unpaired) electrons. The van der Waals surface area contributed by atoms with Crippen LogP contribution in [-0.2, 0) is 6.54 Å². The molecule has 0 aliphatic heterocycles. The molecule has 0 amide bonds. The Morgan fingerprint density at radius 3 is 2.47 bits per heavy atom. The molecule has 1 N–H and O–H groups in total. The van der Waals surface area contributed by atoms with Crippen molar-refractivity contribution in [2.24, 2.45) is 5.41 Å². The van der Waals surface area contributed by atoms with Gasteiger partial charge in [0.05, 0.1) is 0 Å². The maximum Gasteiger partial charge on any atom is 0.123 e. The predicted molar refractivity (Wildman–Crippen MR) is 81.1 cm³/mol. The quantitative estimate of drug-likeness (QED) is 0.872. The van der Waals surface area contributed by atoms with Gasteiger partial charge in [0.1, 0.15) is 5.82 Å². The molecule has 1 aromatic carbocycles. The van der Waals surface area contributed by atoms with Crippen molar-refractivity contribution in [1.82, 2.24) is 5.32 Å². The van der Waals surface area contributed by atoms with Crippen molar-refractivity contribution in [1.29, 1.82) is 0 Å². The molecule has 0 spiro atoms. The molecule has 1 atom stereocenters. The standard InChI is InChI=1S/C16H27FN2/c1-7-18-11-13-10-14(17)8-9-15(13)19(6)12(2)16(3,4)5/h8-10,12,18H,7,11H2,1-6H3. The molecule has 1 unspecified atom stereocenters. The number of anilines is 1. The highest BCUT2D eigenvalue weighted by Gasteiger charge is 2.25. The Bertz CT molecular complexity index is 410. The Labute approximate surface area is 117 Å². The second kappa shape index (κ2) is 6.38. The summed E-state index contributed by atoms with van der Waals surface area (Å²) in [6, 6.07) is 5.42. The molecular formula is C16H27FN2. The van der Waals surface area contributed by atoms with E-state index in [9.17, 15) is 4.39 Å². The van der Waals surface area contributed by atoms with Crippen LogP contribution in [0.2, 0.25) is 0 Å². The van der Waals surface area contributed by atoms with Crippen LogP contribution >= 0.6 is 0 Å². The average molecular weight is 266 g/mol. The SMILES string of the molecule is CCNCc1cc(F)ccc1N(C)C(C)C(C)(C)C. The van der Waals surface area contributed by atoms with Gasteiger partial charge in [-0.2, -0.15) is 0 Å². The molecule has 0 saturated carbocycles. The highest BCUT2D eigenvalue weighted by molar-refractivity contribution is 5.54. The average Bonchev–Trinajstić information content (AvgIpc) is 2.33. The minimum Gasteiger partial charge on any atom is -0.371 e. The van der Waals surface area contributed by atoms with E-state index in [4.69, 9.17) is 0 Å². The third-order valence-corrected chi connectivity index (χ3v) is 3.82. The summed E-state index contributed by atoms with van der Waals surface area (Å²) < 4.78 is 13.4. The second-order valence-corrected chi connectivity index (χ2v) is 6.21. The Hall–Kier alpha value is -1.09. The minimum atomic E-state index is -0.173. The number of rotatable bonds is 5. The number of hydrogen-bond acceptors (Lipinski definition) is 2. The summed E-state index contributed by atoms with van der Waals surface area (Å²) in [6.07, 6.45) is 0. The largest absolute Gasteiger partial charge is 0.371 e. The van der Waals surface area contributed by atoms with E-state index in [2.05, 4.69) is 51.9 Å². The highest BCUT2D eigenvalue weighted by Crippen LogP contribution is 2.29. The van der Waals surface area contributed by atoms with Crippen molar-refractivity contribution < 1.29 is 4.39 Å². The number of hydrogen-bond donors (Lipinski definition) is 1. The summed E-state index contributed by atoms with van der Waals surface area (Å²) in [5.41, 5.74) is 2.30. The molecule has 3 heteroatoms. The molecule has 1 rings (SSSR count). The van der Waals surface area contributed by atoms with E-state index in [1.54, 1.807) is 6.07 Å². The van der Waals surface area contributed by atoms with Crippen molar-refractivity contribution in [2.75, 3.05) is 18.5 Å². The van der Waals surface area contributed by atoms with Gasteiger partial charge in [0.15, 0.2) is 0 Å². The fraction of sp³-hybridized carbons (Fsp3) is 0.625. The van der Waals surface area contributed by atoms with Gasteiger partial charge in [-0.05, 0) is 42.6 Å². The zero-order valence-electron chi connectivity index (χ0n) is 13.0. The summed E-state index contributed by atoms with van der Waals surface area (Å²) in [5, 5.41) is 3.27. The van der Waals surface area contributed by atoms with Gasteiger partial charge in [-0.3, -0.25) is 0 Å². The van der Waals surface area contributed by atoms with E-state index in [1.165, 1.54) is 6.07 Å². The topological polar surface area (TPSA) is 15.3 Å². The molecular weight excluding hydrogens is 239 g/mol. The lowest BCUT2D eigenvalue weighted by molar-refractivity contribution is 0.329. The second-order valence-electron chi connectivity index (χ2n) is 6.21. The van der Waals surface area contributed by atoms with Crippen LogP contribution in [0.5, 0.6) is 0 Å². The van der Waals surface area contributed by atoms with Gasteiger partial charge < -0.3 is 10.2 Å². The summed E-state index contributed by atoms with van der Waals surface area (Å²) in [7, 11) is 2.08. The van der Waals surface area contributed by atoms with Gasteiger partial charge in [0.25, 0.3) is 0 Å². The first-order valence-electron chi connectivity index (χ1n) is 6.99. The van der Waals surface area contributed by atoms with Crippen LogP contribution in [0.1, 0.15) is 40.2 Å². The summed E-state index contributed by atoms with van der Waals surface area (Å²) in [4.78, 5) is 2.24. The molecule has 2 nitrogen and oxygen atoms in total. The molecule has 0 fully saturated rings. The van der Waals surface area contributed by atoms with Crippen molar-refractivity contribution in [3.63, 3.8) is 0 Å². The zero-order chi connectivity index (χ0) is 14.6. The molecule has 0 aliphatic carbocycles. The first kappa shape index (κ1) is 16.0. The van der Waals surface area contributed by atoms with Crippen molar-refractivity contribution >= 4 is 5.69 Å². The third kappa shape index (κ3) is 4.20. The Morgan fingerprint density at radius 1 is 1.32 bits per heavy atom. The van der Waals surface area contributed by atoms with Gasteiger partial charge in [-0.25, -0.2) is 4.39 Å². The third-order valence-electron chi connectivity index (χ3n) is 3.82. The van der Waals surface area contributed by atoms with Crippen LogP contribution in [0.3, 0.4) is 0 Å². The van der Waals surface area contributed by atoms with Crippen LogP contribution in [0.25, 0.3) is 0 Å². The van der Waals surface area contributed by atoms with Crippen molar-refractivity contribution in [2.45, 2.75) is 47.2 Å². The number of benzene rings is 1. The maximum absolute atomic E-state index is 13.4. The van der Waals surface area contributed by atoms with Gasteiger partial charge >= 0.3 is 0 Å². The fourth-order valence-corrected chi connectivity index (χ4v) is 2.09.